The standard InChI is InChI=1S/C19H21OP/c1-3-10-19-15-16(2)21(19,20,17-11-6-4-7-12-17)18-13-8-5-9-14-18/h3-16,20H,1-2H3/b10-3+/t16-/m0/s1. The van der Waals surface area contributed by atoms with Crippen LogP contribution in [0.1, 0.15) is 13.8 Å². The van der Waals surface area contributed by atoms with Gasteiger partial charge in [-0.25, -0.2) is 0 Å². The first-order chi connectivity index (χ1) is 10.1. The van der Waals surface area contributed by atoms with E-state index >= 15 is 0 Å². The Morgan fingerprint density at radius 1 is 0.905 bits per heavy atom. The molecule has 1 atom stereocenters. The van der Waals surface area contributed by atoms with Crippen LogP contribution in [-0.2, 0) is 0 Å². The van der Waals surface area contributed by atoms with Crippen LogP contribution in [-0.4, -0.2) is 10.6 Å². The number of benzene rings is 2. The third-order valence-corrected chi connectivity index (χ3v) is 10.4. The van der Waals surface area contributed by atoms with Crippen LogP contribution in [0, 0.1) is 0 Å². The molecule has 3 rings (SSSR count). The minimum atomic E-state index is -3.27. The van der Waals surface area contributed by atoms with Crippen molar-refractivity contribution in [1.29, 1.82) is 0 Å². The van der Waals surface area contributed by atoms with Crippen molar-refractivity contribution >= 4 is 17.4 Å². The van der Waals surface area contributed by atoms with Crippen molar-refractivity contribution < 1.29 is 4.89 Å². The van der Waals surface area contributed by atoms with E-state index in [0.29, 0.717) is 0 Å². The zero-order valence-corrected chi connectivity index (χ0v) is 13.4. The van der Waals surface area contributed by atoms with Crippen molar-refractivity contribution in [3.8, 4) is 0 Å². The SMILES string of the molecule is C/C=C/C1=C[C@H](C)P1(O)(c1ccccc1)c1ccccc1. The fraction of sp³-hybridized carbons (Fsp3) is 0.158. The van der Waals surface area contributed by atoms with Crippen molar-refractivity contribution in [2.24, 2.45) is 0 Å². The molecule has 0 fully saturated rings. The molecule has 0 unspecified atom stereocenters. The van der Waals surface area contributed by atoms with Gasteiger partial charge in [0.05, 0.1) is 0 Å². The number of rotatable bonds is 3. The maximum absolute atomic E-state index is 12.2. The summed E-state index contributed by atoms with van der Waals surface area (Å²) in [6, 6.07) is 20.3. The molecule has 0 saturated carbocycles. The van der Waals surface area contributed by atoms with Crippen molar-refractivity contribution in [1.82, 2.24) is 0 Å². The maximum atomic E-state index is 12.2. The Labute approximate surface area is 126 Å². The van der Waals surface area contributed by atoms with Gasteiger partial charge in [-0.2, -0.15) is 0 Å². The Hall–Kier alpha value is -1.69. The van der Waals surface area contributed by atoms with E-state index in [1.165, 1.54) is 0 Å². The minimum absolute atomic E-state index is 0.145. The van der Waals surface area contributed by atoms with Crippen LogP contribution in [0.25, 0.3) is 0 Å². The van der Waals surface area contributed by atoms with Crippen LogP contribution in [0.5, 0.6) is 0 Å². The second kappa shape index (κ2) is 4.94. The molecule has 0 bridgehead atoms. The van der Waals surface area contributed by atoms with E-state index in [-0.39, 0.29) is 5.66 Å². The van der Waals surface area contributed by atoms with Gasteiger partial charge in [0, 0.05) is 0 Å². The first kappa shape index (κ1) is 14.3. The molecule has 0 radical (unpaired) electrons. The van der Waals surface area contributed by atoms with Crippen LogP contribution < -0.4 is 10.6 Å². The van der Waals surface area contributed by atoms with Crippen LogP contribution in [0.3, 0.4) is 0 Å². The monoisotopic (exact) mass is 296 g/mol. The quantitative estimate of drug-likeness (QED) is 0.850. The summed E-state index contributed by atoms with van der Waals surface area (Å²) in [7, 11) is 0. The van der Waals surface area contributed by atoms with Gasteiger partial charge in [-0.05, 0) is 0 Å². The molecular weight excluding hydrogens is 275 g/mol. The fourth-order valence-corrected chi connectivity index (χ4v) is 8.49. The first-order valence-electron chi connectivity index (χ1n) is 7.35. The zero-order chi connectivity index (χ0) is 14.9. The van der Waals surface area contributed by atoms with Gasteiger partial charge in [0.25, 0.3) is 0 Å². The Balaban J connectivity index is 2.35. The molecule has 0 amide bonds. The third-order valence-electron chi connectivity index (χ3n) is 4.62. The summed E-state index contributed by atoms with van der Waals surface area (Å²) in [5.74, 6) is 0. The molecule has 0 saturated heterocycles. The Morgan fingerprint density at radius 3 is 1.76 bits per heavy atom. The average molecular weight is 296 g/mol. The Kier molecular flexibility index (Phi) is 3.36. The number of hydrogen-bond acceptors (Lipinski definition) is 1. The summed E-state index contributed by atoms with van der Waals surface area (Å²) in [4.78, 5) is 12.2. The second-order valence-corrected chi connectivity index (χ2v) is 10.3. The summed E-state index contributed by atoms with van der Waals surface area (Å²) >= 11 is 0. The molecule has 1 nitrogen and oxygen atoms in total. The van der Waals surface area contributed by atoms with Crippen molar-refractivity contribution in [3.05, 3.63) is 84.2 Å². The van der Waals surface area contributed by atoms with E-state index in [1.54, 1.807) is 0 Å². The van der Waals surface area contributed by atoms with E-state index < -0.39 is 6.83 Å². The Bertz CT molecular complexity index is 661. The molecular formula is C19H21OP. The van der Waals surface area contributed by atoms with Crippen molar-refractivity contribution in [2.75, 3.05) is 0 Å². The normalized spacial score (nSPS) is 24.6. The van der Waals surface area contributed by atoms with Gasteiger partial charge in [0.1, 0.15) is 0 Å². The molecule has 2 aromatic carbocycles. The third kappa shape index (κ3) is 1.71. The molecule has 1 N–H and O–H groups in total. The molecule has 2 heteroatoms. The van der Waals surface area contributed by atoms with Crippen molar-refractivity contribution in [3.63, 3.8) is 0 Å². The predicted octanol–water partition coefficient (Wildman–Crippen LogP) is 3.96. The van der Waals surface area contributed by atoms with E-state index in [4.69, 9.17) is 0 Å². The fourth-order valence-electron chi connectivity index (χ4n) is 3.45. The van der Waals surface area contributed by atoms with Crippen LogP contribution in [0.15, 0.2) is 84.2 Å². The summed E-state index contributed by atoms with van der Waals surface area (Å²) in [6.45, 7) is 0.857. The molecule has 1 aliphatic rings. The van der Waals surface area contributed by atoms with Gasteiger partial charge in [-0.1, -0.05) is 0 Å². The zero-order valence-electron chi connectivity index (χ0n) is 12.5. The topological polar surface area (TPSA) is 20.2 Å². The van der Waals surface area contributed by atoms with Gasteiger partial charge < -0.3 is 0 Å². The molecule has 108 valence electrons. The van der Waals surface area contributed by atoms with E-state index in [0.717, 1.165) is 15.9 Å². The summed E-state index contributed by atoms with van der Waals surface area (Å²) < 4.78 is 0. The molecule has 2 aromatic rings. The summed E-state index contributed by atoms with van der Waals surface area (Å²) in [6.07, 6.45) is 6.27. The van der Waals surface area contributed by atoms with Crippen LogP contribution in [0.4, 0.5) is 0 Å². The van der Waals surface area contributed by atoms with Gasteiger partial charge in [0.2, 0.25) is 0 Å². The second-order valence-electron chi connectivity index (χ2n) is 5.64. The first-order valence-corrected chi connectivity index (χ1v) is 9.61. The van der Waals surface area contributed by atoms with Crippen LogP contribution in [0.2, 0.25) is 0 Å². The number of allylic oxidation sites excluding steroid dienone is 4. The number of hydrogen-bond donors (Lipinski definition) is 1. The summed E-state index contributed by atoms with van der Waals surface area (Å²) in [5.41, 5.74) is 0.145. The molecule has 0 spiro atoms. The van der Waals surface area contributed by atoms with E-state index in [9.17, 15) is 4.89 Å². The summed E-state index contributed by atoms with van der Waals surface area (Å²) in [5, 5.41) is 3.18. The average Bonchev–Trinajstić information content (AvgIpc) is 2.55. The van der Waals surface area contributed by atoms with Gasteiger partial charge in [0.15, 0.2) is 0 Å². The molecule has 1 aliphatic heterocycles. The van der Waals surface area contributed by atoms with Gasteiger partial charge in [-0.15, -0.1) is 0 Å². The Morgan fingerprint density at radius 2 is 1.38 bits per heavy atom. The molecule has 0 aliphatic carbocycles. The molecule has 21 heavy (non-hydrogen) atoms. The molecule has 0 aromatic heterocycles. The molecule has 1 heterocycles. The van der Waals surface area contributed by atoms with Crippen LogP contribution >= 0.6 is 6.83 Å². The van der Waals surface area contributed by atoms with Gasteiger partial charge in [-0.3, -0.25) is 0 Å². The van der Waals surface area contributed by atoms with E-state index in [1.807, 2.05) is 49.4 Å². The predicted molar refractivity (Wildman–Crippen MR) is 93.6 cm³/mol. The van der Waals surface area contributed by atoms with Crippen molar-refractivity contribution in [2.45, 2.75) is 19.5 Å². The van der Waals surface area contributed by atoms with Gasteiger partial charge >= 0.3 is 126 Å². The van der Waals surface area contributed by atoms with E-state index in [2.05, 4.69) is 43.3 Å².